The summed E-state index contributed by atoms with van der Waals surface area (Å²) in [4.78, 5) is 12.0. The summed E-state index contributed by atoms with van der Waals surface area (Å²) in [6, 6.07) is 3.80. The number of rotatable bonds is 12. The highest BCUT2D eigenvalue weighted by Gasteiger charge is 2.17. The molecular weight excluding hydrogens is 332 g/mol. The van der Waals surface area contributed by atoms with Gasteiger partial charge in [-0.2, -0.15) is 12.6 Å². The molecular formula is C21H34O3S. The maximum atomic E-state index is 12.0. The van der Waals surface area contributed by atoms with Crippen molar-refractivity contribution in [1.82, 2.24) is 0 Å². The quantitative estimate of drug-likeness (QED) is 0.290. The lowest BCUT2D eigenvalue weighted by atomic mass is 10.0. The van der Waals surface area contributed by atoms with Crippen molar-refractivity contribution in [3.05, 3.63) is 28.8 Å². The molecule has 0 spiro atoms. The Bertz CT molecular complexity index is 505. The van der Waals surface area contributed by atoms with Gasteiger partial charge >= 0.3 is 5.97 Å². The first kappa shape index (κ1) is 21.9. The average molecular weight is 367 g/mol. The second kappa shape index (κ2) is 12.2. The summed E-state index contributed by atoms with van der Waals surface area (Å²) < 4.78 is 5.34. The number of carbonyl (C=O) groups is 1. The molecule has 0 aliphatic rings. The third kappa shape index (κ3) is 8.66. The van der Waals surface area contributed by atoms with E-state index < -0.39 is 5.25 Å². The van der Waals surface area contributed by atoms with Crippen LogP contribution >= 0.6 is 12.6 Å². The maximum Gasteiger partial charge on any atom is 0.319 e. The predicted octanol–water partition coefficient (Wildman–Crippen LogP) is 5.53. The van der Waals surface area contributed by atoms with E-state index in [2.05, 4.69) is 19.6 Å². The number of unbranched alkanes of at least 4 members (excludes halogenated alkanes) is 7. The second-order valence-corrected chi connectivity index (χ2v) is 7.56. The van der Waals surface area contributed by atoms with Crippen molar-refractivity contribution in [2.45, 2.75) is 83.8 Å². The number of carbonyl (C=O) groups excluding carboxylic acids is 1. The van der Waals surface area contributed by atoms with E-state index in [-0.39, 0.29) is 5.97 Å². The van der Waals surface area contributed by atoms with Crippen LogP contribution in [0.4, 0.5) is 0 Å². The summed E-state index contributed by atoms with van der Waals surface area (Å²) in [6.45, 7) is 6.44. The monoisotopic (exact) mass is 366 g/mol. The smallest absolute Gasteiger partial charge is 0.319 e. The standard InChI is InChI=1S/C21H34O3S/c1-4-5-6-7-8-9-10-11-12-24-21(23)19(25)15-18-13-16(2)20(22)17(3)14-18/h13-14,19,22,25H,4-12,15H2,1-3H3. The van der Waals surface area contributed by atoms with Gasteiger partial charge in [-0.3, -0.25) is 4.79 Å². The normalized spacial score (nSPS) is 12.2. The van der Waals surface area contributed by atoms with E-state index in [9.17, 15) is 9.90 Å². The molecule has 1 atom stereocenters. The first-order chi connectivity index (χ1) is 12.0. The van der Waals surface area contributed by atoms with Crippen LogP contribution in [-0.2, 0) is 16.0 Å². The van der Waals surface area contributed by atoms with E-state index in [0.717, 1.165) is 29.5 Å². The molecule has 25 heavy (non-hydrogen) atoms. The molecule has 4 heteroatoms. The predicted molar refractivity (Wildman–Crippen MR) is 108 cm³/mol. The molecule has 0 aromatic heterocycles. The van der Waals surface area contributed by atoms with Crippen molar-refractivity contribution >= 4 is 18.6 Å². The Balaban J connectivity index is 2.20. The number of aromatic hydroxyl groups is 1. The molecule has 0 aliphatic heterocycles. The Morgan fingerprint density at radius 2 is 1.56 bits per heavy atom. The number of aryl methyl sites for hydroxylation is 2. The van der Waals surface area contributed by atoms with E-state index in [4.69, 9.17) is 4.74 Å². The van der Waals surface area contributed by atoms with Crippen LogP contribution in [0, 0.1) is 13.8 Å². The fourth-order valence-corrected chi connectivity index (χ4v) is 3.26. The first-order valence-electron chi connectivity index (χ1n) is 9.59. The molecule has 0 heterocycles. The number of phenols is 1. The fourth-order valence-electron chi connectivity index (χ4n) is 2.97. The van der Waals surface area contributed by atoms with Gasteiger partial charge in [0.2, 0.25) is 0 Å². The molecule has 1 unspecified atom stereocenters. The number of thiol groups is 1. The number of ether oxygens (including phenoxy) is 1. The summed E-state index contributed by atoms with van der Waals surface area (Å²) >= 11 is 4.38. The van der Waals surface area contributed by atoms with E-state index in [1.165, 1.54) is 38.5 Å². The molecule has 1 N–H and O–H groups in total. The van der Waals surface area contributed by atoms with Crippen molar-refractivity contribution in [1.29, 1.82) is 0 Å². The Morgan fingerprint density at radius 1 is 1.04 bits per heavy atom. The van der Waals surface area contributed by atoms with Gasteiger partial charge in [0, 0.05) is 0 Å². The van der Waals surface area contributed by atoms with Gasteiger partial charge in [-0.05, 0) is 43.4 Å². The summed E-state index contributed by atoms with van der Waals surface area (Å²) in [5.41, 5.74) is 2.64. The lowest BCUT2D eigenvalue weighted by Gasteiger charge is -2.13. The molecule has 3 nitrogen and oxygen atoms in total. The minimum atomic E-state index is -0.461. The van der Waals surface area contributed by atoms with Crippen molar-refractivity contribution in [2.24, 2.45) is 0 Å². The van der Waals surface area contributed by atoms with Crippen molar-refractivity contribution < 1.29 is 14.6 Å². The van der Waals surface area contributed by atoms with Gasteiger partial charge in [-0.1, -0.05) is 64.0 Å². The molecule has 0 fully saturated rings. The number of benzene rings is 1. The summed E-state index contributed by atoms with van der Waals surface area (Å²) in [7, 11) is 0. The van der Waals surface area contributed by atoms with E-state index in [0.29, 0.717) is 18.8 Å². The minimum Gasteiger partial charge on any atom is -0.507 e. The molecule has 1 rings (SSSR count). The second-order valence-electron chi connectivity index (χ2n) is 6.94. The zero-order valence-corrected chi connectivity index (χ0v) is 16.9. The van der Waals surface area contributed by atoms with Crippen LogP contribution in [0.5, 0.6) is 5.75 Å². The molecule has 1 aromatic carbocycles. The number of hydrogen-bond donors (Lipinski definition) is 2. The van der Waals surface area contributed by atoms with Crippen LogP contribution in [0.15, 0.2) is 12.1 Å². The van der Waals surface area contributed by atoms with E-state index >= 15 is 0 Å². The fraction of sp³-hybridized carbons (Fsp3) is 0.667. The van der Waals surface area contributed by atoms with Crippen molar-refractivity contribution in [3.8, 4) is 5.75 Å². The Hall–Kier alpha value is -1.16. The van der Waals surface area contributed by atoms with Crippen LogP contribution < -0.4 is 0 Å². The molecule has 0 aliphatic carbocycles. The molecule has 0 saturated heterocycles. The van der Waals surface area contributed by atoms with Crippen LogP contribution in [0.1, 0.15) is 75.0 Å². The Kier molecular flexibility index (Phi) is 10.7. The molecule has 0 saturated carbocycles. The van der Waals surface area contributed by atoms with Crippen LogP contribution in [0.2, 0.25) is 0 Å². The molecule has 142 valence electrons. The van der Waals surface area contributed by atoms with Crippen LogP contribution in [-0.4, -0.2) is 22.9 Å². The maximum absolute atomic E-state index is 12.0. The van der Waals surface area contributed by atoms with Gasteiger partial charge in [-0.15, -0.1) is 0 Å². The summed E-state index contributed by atoms with van der Waals surface area (Å²) in [6.07, 6.45) is 10.3. The van der Waals surface area contributed by atoms with Gasteiger partial charge in [0.1, 0.15) is 11.0 Å². The van der Waals surface area contributed by atoms with Gasteiger partial charge in [0.15, 0.2) is 0 Å². The highest BCUT2D eigenvalue weighted by molar-refractivity contribution is 7.81. The lowest BCUT2D eigenvalue weighted by Crippen LogP contribution is -2.21. The number of phenolic OH excluding ortho intramolecular Hbond substituents is 1. The van der Waals surface area contributed by atoms with Gasteiger partial charge in [0.25, 0.3) is 0 Å². The largest absolute Gasteiger partial charge is 0.507 e. The lowest BCUT2D eigenvalue weighted by molar-refractivity contribution is -0.143. The first-order valence-corrected chi connectivity index (χ1v) is 10.1. The Morgan fingerprint density at radius 3 is 2.12 bits per heavy atom. The summed E-state index contributed by atoms with van der Waals surface area (Å²) in [5.74, 6) is 0.0615. The number of hydrogen-bond acceptors (Lipinski definition) is 4. The molecule has 0 radical (unpaired) electrons. The van der Waals surface area contributed by atoms with Gasteiger partial charge < -0.3 is 9.84 Å². The average Bonchev–Trinajstić information content (AvgIpc) is 2.57. The number of esters is 1. The minimum absolute atomic E-state index is 0.255. The third-order valence-electron chi connectivity index (χ3n) is 4.49. The van der Waals surface area contributed by atoms with Crippen LogP contribution in [0.25, 0.3) is 0 Å². The third-order valence-corrected chi connectivity index (χ3v) is 4.89. The van der Waals surface area contributed by atoms with Gasteiger partial charge in [-0.25, -0.2) is 0 Å². The van der Waals surface area contributed by atoms with E-state index in [1.54, 1.807) is 0 Å². The van der Waals surface area contributed by atoms with E-state index in [1.807, 2.05) is 26.0 Å². The topological polar surface area (TPSA) is 46.5 Å². The van der Waals surface area contributed by atoms with Crippen molar-refractivity contribution in [3.63, 3.8) is 0 Å². The molecule has 0 amide bonds. The highest BCUT2D eigenvalue weighted by atomic mass is 32.1. The van der Waals surface area contributed by atoms with Crippen molar-refractivity contribution in [2.75, 3.05) is 6.61 Å². The molecule has 1 aromatic rings. The zero-order valence-electron chi connectivity index (χ0n) is 16.0. The zero-order chi connectivity index (χ0) is 18.7. The summed E-state index contributed by atoms with van der Waals surface area (Å²) in [5, 5.41) is 9.35. The highest BCUT2D eigenvalue weighted by Crippen LogP contribution is 2.24. The SMILES string of the molecule is CCCCCCCCCCOC(=O)C(S)Cc1cc(C)c(O)c(C)c1. The molecule has 0 bridgehead atoms. The Labute approximate surface area is 158 Å². The van der Waals surface area contributed by atoms with Gasteiger partial charge in [0.05, 0.1) is 6.61 Å². The van der Waals surface area contributed by atoms with Crippen LogP contribution in [0.3, 0.4) is 0 Å².